The van der Waals surface area contributed by atoms with E-state index in [2.05, 4.69) is 20.9 Å². The minimum Gasteiger partial charge on any atom is -0.506 e. The van der Waals surface area contributed by atoms with Crippen LogP contribution in [-0.4, -0.2) is 15.9 Å². The van der Waals surface area contributed by atoms with Crippen molar-refractivity contribution in [2.45, 2.75) is 0 Å². The molecule has 0 fully saturated rings. The van der Waals surface area contributed by atoms with Gasteiger partial charge in [0, 0.05) is 9.86 Å². The number of pyridine rings is 1. The van der Waals surface area contributed by atoms with Gasteiger partial charge in [0.25, 0.3) is 5.56 Å². The number of hydrogen-bond donors (Lipinski definition) is 2. The molecule has 0 spiro atoms. The second kappa shape index (κ2) is 6.22. The third-order valence-corrected chi connectivity index (χ3v) is 4.18. The Kier molecular flexibility index (Phi) is 4.12. The molecule has 0 saturated heterocycles. The van der Waals surface area contributed by atoms with Crippen LogP contribution in [0.2, 0.25) is 0 Å². The SMILES string of the molecule is O=C(/C=C/c1ccccc1Br)c1c(O)c2ccccc2[nH]c1=O. The number of halogens is 1. The number of H-pyrrole nitrogens is 1. The van der Waals surface area contributed by atoms with E-state index in [9.17, 15) is 14.7 Å². The van der Waals surface area contributed by atoms with Gasteiger partial charge in [0.2, 0.25) is 0 Å². The lowest BCUT2D eigenvalue weighted by molar-refractivity contribution is 0.104. The quantitative estimate of drug-likeness (QED) is 0.543. The highest BCUT2D eigenvalue weighted by atomic mass is 79.9. The highest BCUT2D eigenvalue weighted by molar-refractivity contribution is 9.10. The van der Waals surface area contributed by atoms with E-state index in [1.165, 1.54) is 6.08 Å². The smallest absolute Gasteiger partial charge is 0.263 e. The molecule has 0 saturated carbocycles. The van der Waals surface area contributed by atoms with Crippen LogP contribution < -0.4 is 5.56 Å². The molecule has 114 valence electrons. The van der Waals surface area contributed by atoms with Crippen molar-refractivity contribution < 1.29 is 9.90 Å². The van der Waals surface area contributed by atoms with Crippen molar-refractivity contribution in [2.24, 2.45) is 0 Å². The average molecular weight is 370 g/mol. The molecule has 2 aromatic carbocycles. The van der Waals surface area contributed by atoms with E-state index in [4.69, 9.17) is 0 Å². The Labute approximate surface area is 140 Å². The second-order valence-electron chi connectivity index (χ2n) is 4.94. The summed E-state index contributed by atoms with van der Waals surface area (Å²) >= 11 is 3.38. The summed E-state index contributed by atoms with van der Waals surface area (Å²) in [5.74, 6) is -0.851. The second-order valence-corrected chi connectivity index (χ2v) is 5.80. The van der Waals surface area contributed by atoms with Crippen LogP contribution in [0.1, 0.15) is 15.9 Å². The zero-order chi connectivity index (χ0) is 16.4. The highest BCUT2D eigenvalue weighted by Crippen LogP contribution is 2.25. The van der Waals surface area contributed by atoms with Crippen LogP contribution >= 0.6 is 15.9 Å². The summed E-state index contributed by atoms with van der Waals surface area (Å²) in [6, 6.07) is 14.2. The minimum absolute atomic E-state index is 0.257. The fraction of sp³-hybridized carbons (Fsp3) is 0. The predicted molar refractivity (Wildman–Crippen MR) is 93.7 cm³/mol. The maximum Gasteiger partial charge on any atom is 0.263 e. The molecular weight excluding hydrogens is 358 g/mol. The van der Waals surface area contributed by atoms with Crippen LogP contribution in [0.25, 0.3) is 17.0 Å². The first-order valence-electron chi connectivity index (χ1n) is 6.89. The van der Waals surface area contributed by atoms with Crippen LogP contribution in [0.5, 0.6) is 5.75 Å². The van der Waals surface area contributed by atoms with E-state index in [0.717, 1.165) is 10.0 Å². The monoisotopic (exact) mass is 369 g/mol. The van der Waals surface area contributed by atoms with Gasteiger partial charge in [-0.15, -0.1) is 0 Å². The zero-order valence-electron chi connectivity index (χ0n) is 11.9. The summed E-state index contributed by atoms with van der Waals surface area (Å²) in [4.78, 5) is 27.0. The van der Waals surface area contributed by atoms with Crippen molar-refractivity contribution in [1.82, 2.24) is 4.98 Å². The van der Waals surface area contributed by atoms with Crippen LogP contribution in [0.3, 0.4) is 0 Å². The molecule has 1 aromatic heterocycles. The molecule has 23 heavy (non-hydrogen) atoms. The first-order valence-corrected chi connectivity index (χ1v) is 7.68. The Bertz CT molecular complexity index is 989. The first kappa shape index (κ1) is 15.2. The lowest BCUT2D eigenvalue weighted by Crippen LogP contribution is -2.16. The van der Waals surface area contributed by atoms with E-state index < -0.39 is 11.3 Å². The van der Waals surface area contributed by atoms with E-state index >= 15 is 0 Å². The molecule has 2 N–H and O–H groups in total. The van der Waals surface area contributed by atoms with Gasteiger partial charge in [-0.1, -0.05) is 46.3 Å². The first-order chi connectivity index (χ1) is 11.1. The third kappa shape index (κ3) is 2.96. The number of para-hydroxylation sites is 1. The number of carbonyl (C=O) groups excluding carboxylic acids is 1. The van der Waals surface area contributed by atoms with Crippen LogP contribution in [0.4, 0.5) is 0 Å². The number of allylic oxidation sites excluding steroid dienone is 1. The normalized spacial score (nSPS) is 11.2. The van der Waals surface area contributed by atoms with E-state index in [1.807, 2.05) is 24.3 Å². The number of fused-ring (bicyclic) bond motifs is 1. The number of aromatic amines is 1. The fourth-order valence-corrected chi connectivity index (χ4v) is 2.73. The van der Waals surface area contributed by atoms with Gasteiger partial charge in [0.1, 0.15) is 11.3 Å². The molecule has 0 aliphatic carbocycles. The molecule has 5 heteroatoms. The fourth-order valence-electron chi connectivity index (χ4n) is 2.31. The summed E-state index contributed by atoms with van der Waals surface area (Å²) in [6.45, 7) is 0. The van der Waals surface area contributed by atoms with Gasteiger partial charge in [-0.25, -0.2) is 0 Å². The van der Waals surface area contributed by atoms with Crippen molar-refractivity contribution in [3.05, 3.63) is 80.6 Å². The van der Waals surface area contributed by atoms with Gasteiger partial charge in [0.15, 0.2) is 5.78 Å². The van der Waals surface area contributed by atoms with Crippen molar-refractivity contribution in [3.63, 3.8) is 0 Å². The average Bonchev–Trinajstić information content (AvgIpc) is 2.54. The Hall–Kier alpha value is -2.66. The number of nitrogens with one attached hydrogen (secondary N) is 1. The molecule has 0 unspecified atom stereocenters. The standard InChI is InChI=1S/C18H12BrNO3/c19-13-7-3-1-5-11(13)9-10-15(21)16-17(22)12-6-2-4-8-14(12)20-18(16)23/h1-10H,(H2,20,22,23)/b10-9+. The summed E-state index contributed by atoms with van der Waals surface area (Å²) in [5, 5.41) is 10.7. The maximum absolute atomic E-state index is 12.3. The molecule has 3 aromatic rings. The number of carbonyl (C=O) groups is 1. The minimum atomic E-state index is -0.608. The van der Waals surface area contributed by atoms with Crippen LogP contribution in [-0.2, 0) is 0 Å². The number of aromatic hydroxyl groups is 1. The Balaban J connectivity index is 2.05. The molecular formula is C18H12BrNO3. The van der Waals surface area contributed by atoms with Gasteiger partial charge < -0.3 is 10.1 Å². The maximum atomic E-state index is 12.3. The summed E-state index contributed by atoms with van der Waals surface area (Å²) in [7, 11) is 0. The Morgan fingerprint density at radius 3 is 2.57 bits per heavy atom. The predicted octanol–water partition coefficient (Wildman–Crippen LogP) is 3.89. The number of rotatable bonds is 3. The van der Waals surface area contributed by atoms with Crippen LogP contribution in [0.15, 0.2) is 63.9 Å². The lowest BCUT2D eigenvalue weighted by atomic mass is 10.1. The van der Waals surface area contributed by atoms with Gasteiger partial charge in [-0.2, -0.15) is 0 Å². The summed E-state index contributed by atoms with van der Waals surface area (Å²) in [6.07, 6.45) is 2.87. The molecule has 0 radical (unpaired) electrons. The van der Waals surface area contributed by atoms with E-state index in [-0.39, 0.29) is 11.3 Å². The molecule has 0 amide bonds. The molecule has 0 bridgehead atoms. The Morgan fingerprint density at radius 2 is 1.78 bits per heavy atom. The van der Waals surface area contributed by atoms with Crippen LogP contribution in [0, 0.1) is 0 Å². The lowest BCUT2D eigenvalue weighted by Gasteiger charge is -2.04. The summed E-state index contributed by atoms with van der Waals surface area (Å²) in [5.41, 5.74) is 0.425. The van der Waals surface area contributed by atoms with Crippen molar-refractivity contribution in [3.8, 4) is 5.75 Å². The van der Waals surface area contributed by atoms with Crippen molar-refractivity contribution in [1.29, 1.82) is 0 Å². The van der Waals surface area contributed by atoms with Gasteiger partial charge in [-0.05, 0) is 35.9 Å². The number of ketones is 1. The molecule has 0 aliphatic heterocycles. The summed E-state index contributed by atoms with van der Waals surface area (Å²) < 4.78 is 0.834. The van der Waals surface area contributed by atoms with Gasteiger partial charge >= 0.3 is 0 Å². The molecule has 3 rings (SSSR count). The number of hydrogen-bond acceptors (Lipinski definition) is 3. The van der Waals surface area contributed by atoms with E-state index in [1.54, 1.807) is 30.3 Å². The molecule has 4 nitrogen and oxygen atoms in total. The van der Waals surface area contributed by atoms with Crippen molar-refractivity contribution >= 4 is 38.7 Å². The molecule has 0 atom stereocenters. The molecule has 1 heterocycles. The van der Waals surface area contributed by atoms with Crippen molar-refractivity contribution in [2.75, 3.05) is 0 Å². The van der Waals surface area contributed by atoms with Gasteiger partial charge in [-0.3, -0.25) is 9.59 Å². The highest BCUT2D eigenvalue weighted by Gasteiger charge is 2.16. The zero-order valence-corrected chi connectivity index (χ0v) is 13.5. The Morgan fingerprint density at radius 1 is 1.09 bits per heavy atom. The number of aromatic nitrogens is 1. The van der Waals surface area contributed by atoms with Gasteiger partial charge in [0.05, 0.1) is 5.52 Å². The van der Waals surface area contributed by atoms with E-state index in [0.29, 0.717) is 10.9 Å². The topological polar surface area (TPSA) is 70.2 Å². The third-order valence-electron chi connectivity index (χ3n) is 3.46. The largest absolute Gasteiger partial charge is 0.506 e. The molecule has 0 aliphatic rings. The number of benzene rings is 2.